The monoisotopic (exact) mass is 564 g/mol. The van der Waals surface area contributed by atoms with E-state index in [2.05, 4.69) is 24.7 Å². The molecule has 1 aliphatic heterocycles. The highest BCUT2D eigenvalue weighted by Gasteiger charge is 2.53. The largest absolute Gasteiger partial charge is 0.435 e. The van der Waals surface area contributed by atoms with E-state index in [-0.39, 0.29) is 16.2 Å². The lowest BCUT2D eigenvalue weighted by Gasteiger charge is -2.42. The van der Waals surface area contributed by atoms with Crippen LogP contribution in [-0.2, 0) is 10.0 Å². The number of aromatic nitrogens is 4. The molecule has 38 heavy (non-hydrogen) atoms. The summed E-state index contributed by atoms with van der Waals surface area (Å²) < 4.78 is 70.9. The second kappa shape index (κ2) is 9.02. The molecule has 9 nitrogen and oxygen atoms in total. The van der Waals surface area contributed by atoms with Crippen molar-refractivity contribution < 1.29 is 26.3 Å². The van der Waals surface area contributed by atoms with Crippen molar-refractivity contribution in [1.29, 1.82) is 0 Å². The van der Waals surface area contributed by atoms with E-state index in [0.29, 0.717) is 47.3 Å². The van der Waals surface area contributed by atoms with Crippen molar-refractivity contribution in [3.05, 3.63) is 65.7 Å². The predicted molar refractivity (Wildman–Crippen MR) is 134 cm³/mol. The molecule has 0 radical (unpaired) electrons. The maximum Gasteiger partial charge on any atom is 0.387 e. The summed E-state index contributed by atoms with van der Waals surface area (Å²) in [7, 11) is -4.21. The number of anilines is 2. The van der Waals surface area contributed by atoms with Gasteiger partial charge in [-0.05, 0) is 49.2 Å². The van der Waals surface area contributed by atoms with E-state index in [0.717, 1.165) is 41.5 Å². The number of hydrogen-bond acceptors (Lipinski definition) is 8. The van der Waals surface area contributed by atoms with Gasteiger partial charge in [-0.2, -0.15) is 21.3 Å². The first kappa shape index (κ1) is 24.7. The van der Waals surface area contributed by atoms with Crippen molar-refractivity contribution in [2.75, 3.05) is 29.4 Å². The second-order valence-electron chi connectivity index (χ2n) is 9.15. The Morgan fingerprint density at radius 3 is 2.39 bits per heavy atom. The molecule has 14 heteroatoms. The minimum atomic E-state index is -4.21. The van der Waals surface area contributed by atoms with E-state index < -0.39 is 22.5 Å². The Labute approximate surface area is 220 Å². The summed E-state index contributed by atoms with van der Waals surface area (Å²) in [6.07, 6.45) is 3.92. The minimum Gasteiger partial charge on any atom is -0.435 e. The molecular formula is C24H20ClF3N6O3S. The van der Waals surface area contributed by atoms with Crippen LogP contribution in [0.3, 0.4) is 0 Å². The smallest absolute Gasteiger partial charge is 0.387 e. The van der Waals surface area contributed by atoms with Gasteiger partial charge in [0.15, 0.2) is 11.6 Å². The maximum atomic E-state index is 13.6. The minimum absolute atomic E-state index is 0.144. The van der Waals surface area contributed by atoms with Gasteiger partial charge in [-0.25, -0.2) is 14.4 Å². The number of benzene rings is 2. The van der Waals surface area contributed by atoms with Crippen LogP contribution in [0.25, 0.3) is 10.9 Å². The van der Waals surface area contributed by atoms with Gasteiger partial charge >= 0.3 is 6.61 Å². The second-order valence-corrected chi connectivity index (χ2v) is 11.3. The van der Waals surface area contributed by atoms with Gasteiger partial charge in [0.2, 0.25) is 5.95 Å². The fraction of sp³-hybridized carbons (Fsp3) is 0.292. The molecule has 6 rings (SSSR count). The van der Waals surface area contributed by atoms with Gasteiger partial charge in [-0.15, -0.1) is 5.10 Å². The third-order valence-corrected chi connectivity index (χ3v) is 8.72. The highest BCUT2D eigenvalue weighted by atomic mass is 35.5. The number of hydrogen-bond donors (Lipinski definition) is 0. The lowest BCUT2D eigenvalue weighted by molar-refractivity contribution is -0.0498. The first-order chi connectivity index (χ1) is 18.2. The molecular weight excluding hydrogens is 545 g/mol. The molecule has 1 spiro atoms. The number of alkyl halides is 2. The molecule has 0 amide bonds. The lowest BCUT2D eigenvalue weighted by Crippen LogP contribution is -2.56. The number of piperazine rings is 1. The van der Waals surface area contributed by atoms with Crippen molar-refractivity contribution in [3.8, 4) is 5.75 Å². The summed E-state index contributed by atoms with van der Waals surface area (Å²) in [4.78, 5) is 12.1. The summed E-state index contributed by atoms with van der Waals surface area (Å²) in [6.45, 7) is -1.49. The standard InChI is InChI=1S/C24H20ClF3N6O3S/c25-18-2-1-3-19-20(18)21(31-34(19)38(35,36)17-6-4-16(5-7-17)37-22(27)28)33-11-10-32(14-24(33)8-9-24)23-29-12-15(26)13-30-23/h1-7,12-13,22H,8-11,14H2. The maximum absolute atomic E-state index is 13.6. The van der Waals surface area contributed by atoms with Crippen molar-refractivity contribution in [2.24, 2.45) is 0 Å². The van der Waals surface area contributed by atoms with E-state index in [4.69, 9.17) is 11.6 Å². The number of nitrogens with zero attached hydrogens (tertiary/aromatic N) is 6. The number of ether oxygens (including phenoxy) is 1. The van der Waals surface area contributed by atoms with Crippen LogP contribution in [0.2, 0.25) is 5.02 Å². The van der Waals surface area contributed by atoms with Gasteiger partial charge < -0.3 is 14.5 Å². The molecule has 198 valence electrons. The van der Waals surface area contributed by atoms with Crippen LogP contribution in [0.4, 0.5) is 24.9 Å². The molecule has 0 bridgehead atoms. The third-order valence-electron chi connectivity index (χ3n) is 6.80. The third kappa shape index (κ3) is 4.19. The molecule has 1 saturated heterocycles. The molecule has 3 heterocycles. The first-order valence-electron chi connectivity index (χ1n) is 11.7. The normalized spacial score (nSPS) is 17.0. The highest BCUT2D eigenvalue weighted by Crippen LogP contribution is 2.49. The summed E-state index contributed by atoms with van der Waals surface area (Å²) >= 11 is 6.58. The van der Waals surface area contributed by atoms with Gasteiger partial charge in [0.05, 0.1) is 38.8 Å². The molecule has 2 fully saturated rings. The zero-order valence-corrected chi connectivity index (χ0v) is 21.2. The number of halogens is 4. The van der Waals surface area contributed by atoms with Crippen LogP contribution in [-0.4, -0.2) is 59.4 Å². The first-order valence-corrected chi connectivity index (χ1v) is 13.5. The molecule has 1 aliphatic carbocycles. The van der Waals surface area contributed by atoms with E-state index >= 15 is 0 Å². The summed E-state index contributed by atoms with van der Waals surface area (Å²) in [5.41, 5.74) is -0.0419. The van der Waals surface area contributed by atoms with Crippen molar-refractivity contribution in [3.63, 3.8) is 0 Å². The number of rotatable bonds is 6. The zero-order valence-electron chi connectivity index (χ0n) is 19.6. The molecule has 2 aromatic heterocycles. The average Bonchev–Trinajstić information content (AvgIpc) is 3.52. The Morgan fingerprint density at radius 2 is 1.74 bits per heavy atom. The lowest BCUT2D eigenvalue weighted by atomic mass is 10.1. The van der Waals surface area contributed by atoms with E-state index in [1.165, 1.54) is 12.1 Å². The number of fused-ring (bicyclic) bond motifs is 1. The van der Waals surface area contributed by atoms with Crippen molar-refractivity contribution in [1.82, 2.24) is 19.2 Å². The molecule has 0 atom stereocenters. The van der Waals surface area contributed by atoms with Crippen LogP contribution in [0.1, 0.15) is 12.8 Å². The molecule has 0 N–H and O–H groups in total. The molecule has 2 aliphatic rings. The molecule has 1 saturated carbocycles. The van der Waals surface area contributed by atoms with E-state index in [1.54, 1.807) is 18.2 Å². The Kier molecular flexibility index (Phi) is 5.87. The van der Waals surface area contributed by atoms with Gasteiger partial charge in [0, 0.05) is 19.6 Å². The SMILES string of the molecule is O=S(=O)(c1ccc(OC(F)F)cc1)n1nc(N2CCN(c3ncc(F)cn3)CC23CC3)c2c(Cl)cccc21. The summed E-state index contributed by atoms with van der Waals surface area (Å²) in [5.74, 6) is 0.181. The predicted octanol–water partition coefficient (Wildman–Crippen LogP) is 4.32. The Balaban J connectivity index is 1.38. The Bertz CT molecular complexity index is 1610. The molecule has 2 aromatic carbocycles. The Morgan fingerprint density at radius 1 is 1.03 bits per heavy atom. The quantitative estimate of drug-likeness (QED) is 0.342. The van der Waals surface area contributed by atoms with Crippen LogP contribution in [0, 0.1) is 5.82 Å². The summed E-state index contributed by atoms with van der Waals surface area (Å²) in [5, 5.41) is 5.40. The van der Waals surface area contributed by atoms with E-state index in [1.807, 2.05) is 4.90 Å². The fourth-order valence-corrected chi connectivity index (χ4v) is 6.40. The van der Waals surface area contributed by atoms with Crippen LogP contribution in [0.5, 0.6) is 5.75 Å². The molecule has 4 aromatic rings. The van der Waals surface area contributed by atoms with Crippen LogP contribution >= 0.6 is 11.6 Å². The highest BCUT2D eigenvalue weighted by molar-refractivity contribution is 7.90. The summed E-state index contributed by atoms with van der Waals surface area (Å²) in [6, 6.07) is 9.63. The van der Waals surface area contributed by atoms with Gasteiger partial charge in [-0.3, -0.25) is 0 Å². The van der Waals surface area contributed by atoms with Crippen LogP contribution < -0.4 is 14.5 Å². The van der Waals surface area contributed by atoms with Gasteiger partial charge in [-0.1, -0.05) is 17.7 Å². The molecule has 0 unspecified atom stereocenters. The van der Waals surface area contributed by atoms with Gasteiger partial charge in [0.1, 0.15) is 5.75 Å². The van der Waals surface area contributed by atoms with Crippen molar-refractivity contribution >= 4 is 44.3 Å². The Hall–Kier alpha value is -3.58. The van der Waals surface area contributed by atoms with Gasteiger partial charge in [0.25, 0.3) is 10.0 Å². The average molecular weight is 565 g/mol. The van der Waals surface area contributed by atoms with Crippen LogP contribution in [0.15, 0.2) is 59.8 Å². The topological polar surface area (TPSA) is 93.5 Å². The zero-order chi connectivity index (χ0) is 26.7. The fourth-order valence-electron chi connectivity index (χ4n) is 4.87. The van der Waals surface area contributed by atoms with Crippen molar-refractivity contribution in [2.45, 2.75) is 29.9 Å². The van der Waals surface area contributed by atoms with E-state index in [9.17, 15) is 21.6 Å².